The highest BCUT2D eigenvalue weighted by Gasteiger charge is 2.24. The highest BCUT2D eigenvalue weighted by Crippen LogP contribution is 2.22. The molecule has 2 N–H and O–H groups in total. The number of hydrogen-bond donors (Lipinski definition) is 1. The van der Waals surface area contributed by atoms with E-state index >= 15 is 0 Å². The summed E-state index contributed by atoms with van der Waals surface area (Å²) in [7, 11) is 0. The molecule has 2 rings (SSSR count). The monoisotopic (exact) mass is 284 g/mol. The van der Waals surface area contributed by atoms with E-state index in [4.69, 9.17) is 17.3 Å². The number of benzene rings is 1. The van der Waals surface area contributed by atoms with Gasteiger partial charge in [0.1, 0.15) is 5.82 Å². The van der Waals surface area contributed by atoms with Crippen LogP contribution in [-0.4, -0.2) is 30.4 Å². The highest BCUT2D eigenvalue weighted by atomic mass is 35.5. The fourth-order valence-electron chi connectivity index (χ4n) is 2.45. The second kappa shape index (κ2) is 6.35. The first-order valence-corrected chi connectivity index (χ1v) is 6.90. The van der Waals surface area contributed by atoms with Crippen molar-refractivity contribution in [2.24, 2.45) is 11.7 Å². The van der Waals surface area contributed by atoms with Crippen molar-refractivity contribution in [2.75, 3.05) is 19.6 Å². The molecule has 0 aromatic heterocycles. The van der Waals surface area contributed by atoms with Crippen molar-refractivity contribution in [3.05, 3.63) is 34.6 Å². The Labute approximate surface area is 117 Å². The first kappa shape index (κ1) is 14.3. The zero-order chi connectivity index (χ0) is 13.8. The van der Waals surface area contributed by atoms with E-state index in [-0.39, 0.29) is 17.9 Å². The number of carbonyl (C=O) groups excluding carboxylic acids is 1. The van der Waals surface area contributed by atoms with Crippen LogP contribution in [-0.2, 0) is 11.2 Å². The summed E-state index contributed by atoms with van der Waals surface area (Å²) in [6.07, 6.45) is 2.03. The Morgan fingerprint density at radius 2 is 2.32 bits per heavy atom. The maximum atomic E-state index is 13.6. The van der Waals surface area contributed by atoms with Gasteiger partial charge in [-0.2, -0.15) is 0 Å². The molecular weight excluding hydrogens is 267 g/mol. The molecule has 1 unspecified atom stereocenters. The van der Waals surface area contributed by atoms with E-state index in [2.05, 4.69) is 0 Å². The SMILES string of the molecule is NCC1CCCN(C(=O)Cc2c(F)cccc2Cl)C1. The lowest BCUT2D eigenvalue weighted by Gasteiger charge is -2.32. The summed E-state index contributed by atoms with van der Waals surface area (Å²) in [5.41, 5.74) is 5.93. The minimum absolute atomic E-state index is 0.0167. The molecule has 1 fully saturated rings. The average molecular weight is 285 g/mol. The van der Waals surface area contributed by atoms with Crippen LogP contribution in [0.4, 0.5) is 4.39 Å². The zero-order valence-electron chi connectivity index (χ0n) is 10.7. The van der Waals surface area contributed by atoms with Gasteiger partial charge in [0.2, 0.25) is 5.91 Å². The fourth-order valence-corrected chi connectivity index (χ4v) is 2.68. The molecule has 5 heteroatoms. The Bertz CT molecular complexity index is 447. The van der Waals surface area contributed by atoms with Crippen molar-refractivity contribution < 1.29 is 9.18 Å². The molecule has 0 spiro atoms. The number of halogens is 2. The Hall–Kier alpha value is -1.13. The second-order valence-electron chi connectivity index (χ2n) is 4.96. The van der Waals surface area contributed by atoms with Crippen LogP contribution in [0.5, 0.6) is 0 Å². The Morgan fingerprint density at radius 1 is 1.53 bits per heavy atom. The van der Waals surface area contributed by atoms with Crippen molar-refractivity contribution in [3.8, 4) is 0 Å². The summed E-state index contributed by atoms with van der Waals surface area (Å²) in [5, 5.41) is 0.306. The van der Waals surface area contributed by atoms with Gasteiger partial charge in [-0.3, -0.25) is 4.79 Å². The van der Waals surface area contributed by atoms with Crippen molar-refractivity contribution >= 4 is 17.5 Å². The summed E-state index contributed by atoms with van der Waals surface area (Å²) in [5.74, 6) is -0.146. The average Bonchev–Trinajstić information content (AvgIpc) is 2.43. The van der Waals surface area contributed by atoms with Crippen LogP contribution in [0.1, 0.15) is 18.4 Å². The topological polar surface area (TPSA) is 46.3 Å². The summed E-state index contributed by atoms with van der Waals surface area (Å²) in [6.45, 7) is 1.98. The number of amides is 1. The van der Waals surface area contributed by atoms with Gasteiger partial charge in [0.05, 0.1) is 6.42 Å². The van der Waals surface area contributed by atoms with Crippen molar-refractivity contribution in [1.29, 1.82) is 0 Å². The Balaban J connectivity index is 2.04. The van der Waals surface area contributed by atoms with E-state index in [0.717, 1.165) is 19.4 Å². The van der Waals surface area contributed by atoms with Crippen LogP contribution >= 0.6 is 11.6 Å². The number of likely N-dealkylation sites (tertiary alicyclic amines) is 1. The van der Waals surface area contributed by atoms with Gasteiger partial charge in [0.15, 0.2) is 0 Å². The summed E-state index contributed by atoms with van der Waals surface area (Å²) in [4.78, 5) is 14.0. The molecule has 1 amide bonds. The first-order valence-electron chi connectivity index (χ1n) is 6.52. The van der Waals surface area contributed by atoms with Gasteiger partial charge in [-0.25, -0.2) is 4.39 Å². The molecule has 1 aromatic rings. The normalized spacial score (nSPS) is 19.5. The number of nitrogens with zero attached hydrogens (tertiary/aromatic N) is 1. The summed E-state index contributed by atoms with van der Waals surface area (Å²) in [6, 6.07) is 4.47. The maximum Gasteiger partial charge on any atom is 0.227 e. The van der Waals surface area contributed by atoms with Gasteiger partial charge >= 0.3 is 0 Å². The third-order valence-corrected chi connectivity index (χ3v) is 3.95. The van der Waals surface area contributed by atoms with Gasteiger partial charge in [-0.05, 0) is 37.4 Å². The second-order valence-corrected chi connectivity index (χ2v) is 5.37. The van der Waals surface area contributed by atoms with Gasteiger partial charge < -0.3 is 10.6 Å². The molecule has 1 aromatic carbocycles. The highest BCUT2D eigenvalue weighted by molar-refractivity contribution is 6.31. The molecule has 1 aliphatic heterocycles. The van der Waals surface area contributed by atoms with Crippen molar-refractivity contribution in [3.63, 3.8) is 0 Å². The summed E-state index contributed by atoms with van der Waals surface area (Å²) >= 11 is 5.94. The number of rotatable bonds is 3. The van der Waals surface area contributed by atoms with Crippen LogP contribution in [0, 0.1) is 11.7 Å². The van der Waals surface area contributed by atoms with Crippen LogP contribution in [0.3, 0.4) is 0 Å². The van der Waals surface area contributed by atoms with E-state index in [0.29, 0.717) is 24.0 Å². The molecular formula is C14H18ClFN2O. The molecule has 1 atom stereocenters. The molecule has 0 aliphatic carbocycles. The molecule has 0 radical (unpaired) electrons. The lowest BCUT2D eigenvalue weighted by Crippen LogP contribution is -2.42. The molecule has 0 bridgehead atoms. The smallest absolute Gasteiger partial charge is 0.227 e. The lowest BCUT2D eigenvalue weighted by molar-refractivity contribution is -0.132. The quantitative estimate of drug-likeness (QED) is 0.925. The van der Waals surface area contributed by atoms with Gasteiger partial charge in [0, 0.05) is 23.7 Å². The zero-order valence-corrected chi connectivity index (χ0v) is 11.5. The van der Waals surface area contributed by atoms with Crippen LogP contribution in [0.25, 0.3) is 0 Å². The van der Waals surface area contributed by atoms with Crippen LogP contribution < -0.4 is 5.73 Å². The standard InChI is InChI=1S/C14H18ClFN2O/c15-12-4-1-5-13(16)11(12)7-14(19)18-6-2-3-10(8-17)9-18/h1,4-5,10H,2-3,6-9,17H2. The minimum Gasteiger partial charge on any atom is -0.342 e. The Kier molecular flexibility index (Phi) is 4.77. The third kappa shape index (κ3) is 3.45. The molecule has 1 heterocycles. The number of nitrogens with two attached hydrogens (primary N) is 1. The van der Waals surface area contributed by atoms with Crippen LogP contribution in [0.2, 0.25) is 5.02 Å². The summed E-state index contributed by atoms with van der Waals surface area (Å²) < 4.78 is 13.6. The minimum atomic E-state index is -0.423. The number of hydrogen-bond acceptors (Lipinski definition) is 2. The van der Waals surface area contributed by atoms with Crippen LogP contribution in [0.15, 0.2) is 18.2 Å². The third-order valence-electron chi connectivity index (χ3n) is 3.59. The largest absolute Gasteiger partial charge is 0.342 e. The predicted octanol–water partition coefficient (Wildman–Crippen LogP) is 2.22. The number of piperidine rings is 1. The fraction of sp³-hybridized carbons (Fsp3) is 0.500. The Morgan fingerprint density at radius 3 is 3.00 bits per heavy atom. The van der Waals surface area contributed by atoms with E-state index in [1.54, 1.807) is 11.0 Å². The van der Waals surface area contributed by atoms with E-state index < -0.39 is 5.82 Å². The van der Waals surface area contributed by atoms with Gasteiger partial charge in [-0.15, -0.1) is 0 Å². The molecule has 1 saturated heterocycles. The molecule has 19 heavy (non-hydrogen) atoms. The van der Waals surface area contributed by atoms with Crippen molar-refractivity contribution in [2.45, 2.75) is 19.3 Å². The first-order chi connectivity index (χ1) is 9.11. The van der Waals surface area contributed by atoms with E-state index in [1.807, 2.05) is 0 Å². The molecule has 104 valence electrons. The van der Waals surface area contributed by atoms with Gasteiger partial charge in [0.25, 0.3) is 0 Å². The van der Waals surface area contributed by atoms with Gasteiger partial charge in [-0.1, -0.05) is 17.7 Å². The molecule has 0 saturated carbocycles. The maximum absolute atomic E-state index is 13.6. The molecule has 1 aliphatic rings. The lowest BCUT2D eigenvalue weighted by atomic mass is 9.97. The van der Waals surface area contributed by atoms with E-state index in [1.165, 1.54) is 12.1 Å². The van der Waals surface area contributed by atoms with E-state index in [9.17, 15) is 9.18 Å². The van der Waals surface area contributed by atoms with Crippen molar-refractivity contribution in [1.82, 2.24) is 4.90 Å². The predicted molar refractivity (Wildman–Crippen MR) is 73.5 cm³/mol. The molecule has 3 nitrogen and oxygen atoms in total. The number of carbonyl (C=O) groups is 1.